The lowest BCUT2D eigenvalue weighted by Crippen LogP contribution is -2.53. The second-order valence-electron chi connectivity index (χ2n) is 4.52. The zero-order chi connectivity index (χ0) is 13.0. The van der Waals surface area contributed by atoms with Gasteiger partial charge in [-0.3, -0.25) is 0 Å². The fourth-order valence-electron chi connectivity index (χ4n) is 2.25. The highest BCUT2D eigenvalue weighted by Crippen LogP contribution is 2.28. The van der Waals surface area contributed by atoms with Crippen molar-refractivity contribution in [1.82, 2.24) is 0 Å². The van der Waals surface area contributed by atoms with Gasteiger partial charge in [0.25, 0.3) is 0 Å². The SMILES string of the molecule is COC(=O)C1CCN1c1cccc(CCCO)c1. The number of methoxy groups -OCH3 is 1. The summed E-state index contributed by atoms with van der Waals surface area (Å²) >= 11 is 0. The van der Waals surface area contributed by atoms with E-state index in [0.717, 1.165) is 31.5 Å². The molecule has 1 N–H and O–H groups in total. The molecule has 1 aromatic rings. The van der Waals surface area contributed by atoms with Gasteiger partial charge >= 0.3 is 5.97 Å². The maximum Gasteiger partial charge on any atom is 0.328 e. The summed E-state index contributed by atoms with van der Waals surface area (Å²) in [6.07, 6.45) is 2.48. The molecule has 0 bridgehead atoms. The molecule has 0 spiro atoms. The summed E-state index contributed by atoms with van der Waals surface area (Å²) in [6, 6.07) is 8.01. The first-order valence-corrected chi connectivity index (χ1v) is 6.30. The standard InChI is InChI=1S/C14H19NO3/c1-18-14(17)13-7-8-15(13)12-6-2-4-11(10-12)5-3-9-16/h2,4,6,10,13,16H,3,5,7-9H2,1H3. The van der Waals surface area contributed by atoms with Gasteiger partial charge in [0.15, 0.2) is 0 Å². The Morgan fingerprint density at radius 2 is 2.39 bits per heavy atom. The maximum absolute atomic E-state index is 11.5. The van der Waals surface area contributed by atoms with Crippen LogP contribution in [0.1, 0.15) is 18.4 Å². The van der Waals surface area contributed by atoms with E-state index >= 15 is 0 Å². The molecule has 1 aliphatic rings. The van der Waals surface area contributed by atoms with Gasteiger partial charge in [-0.05, 0) is 37.0 Å². The molecule has 1 atom stereocenters. The van der Waals surface area contributed by atoms with E-state index in [2.05, 4.69) is 11.0 Å². The number of ether oxygens (including phenoxy) is 1. The smallest absolute Gasteiger partial charge is 0.328 e. The molecule has 4 heteroatoms. The highest BCUT2D eigenvalue weighted by atomic mass is 16.5. The van der Waals surface area contributed by atoms with Gasteiger partial charge in [-0.25, -0.2) is 4.79 Å². The molecule has 4 nitrogen and oxygen atoms in total. The number of anilines is 1. The molecule has 0 aliphatic carbocycles. The minimum Gasteiger partial charge on any atom is -0.467 e. The third-order valence-electron chi connectivity index (χ3n) is 3.36. The normalized spacial score (nSPS) is 18.3. The Labute approximate surface area is 107 Å². The number of esters is 1. The van der Waals surface area contributed by atoms with Crippen LogP contribution in [-0.2, 0) is 16.0 Å². The van der Waals surface area contributed by atoms with Crippen LogP contribution in [0, 0.1) is 0 Å². The van der Waals surface area contributed by atoms with E-state index in [0.29, 0.717) is 0 Å². The number of aliphatic hydroxyl groups excluding tert-OH is 1. The summed E-state index contributed by atoms with van der Waals surface area (Å²) in [4.78, 5) is 13.6. The van der Waals surface area contributed by atoms with Crippen molar-refractivity contribution in [2.75, 3.05) is 25.2 Å². The van der Waals surface area contributed by atoms with Gasteiger partial charge in [0.1, 0.15) is 6.04 Å². The lowest BCUT2D eigenvalue weighted by molar-refractivity contribution is -0.143. The van der Waals surface area contributed by atoms with Crippen molar-refractivity contribution in [2.45, 2.75) is 25.3 Å². The second-order valence-corrected chi connectivity index (χ2v) is 4.52. The monoisotopic (exact) mass is 249 g/mol. The van der Waals surface area contributed by atoms with Crippen LogP contribution in [0.2, 0.25) is 0 Å². The van der Waals surface area contributed by atoms with Crippen molar-refractivity contribution < 1.29 is 14.6 Å². The number of aryl methyl sites for hydroxylation is 1. The van der Waals surface area contributed by atoms with Gasteiger partial charge in [-0.1, -0.05) is 12.1 Å². The Kier molecular flexibility index (Phi) is 4.20. The number of hydrogen-bond acceptors (Lipinski definition) is 4. The first kappa shape index (κ1) is 12.9. The number of rotatable bonds is 5. The van der Waals surface area contributed by atoms with Gasteiger partial charge < -0.3 is 14.7 Å². The highest BCUT2D eigenvalue weighted by molar-refractivity contribution is 5.82. The van der Waals surface area contributed by atoms with E-state index in [-0.39, 0.29) is 18.6 Å². The minimum absolute atomic E-state index is 0.136. The quantitative estimate of drug-likeness (QED) is 0.801. The lowest BCUT2D eigenvalue weighted by atomic mass is 10.0. The maximum atomic E-state index is 11.5. The van der Waals surface area contributed by atoms with E-state index in [1.807, 2.05) is 18.2 Å². The number of carbonyl (C=O) groups excluding carboxylic acids is 1. The molecule has 0 radical (unpaired) electrons. The number of aliphatic hydroxyl groups is 1. The Morgan fingerprint density at radius 3 is 3.00 bits per heavy atom. The van der Waals surface area contributed by atoms with Crippen LogP contribution in [0.25, 0.3) is 0 Å². The Balaban J connectivity index is 2.06. The molecule has 1 fully saturated rings. The average Bonchev–Trinajstić information content (AvgIpc) is 2.35. The number of nitrogens with zero attached hydrogens (tertiary/aromatic N) is 1. The topological polar surface area (TPSA) is 49.8 Å². The molecule has 98 valence electrons. The number of hydrogen-bond donors (Lipinski definition) is 1. The second kappa shape index (κ2) is 5.87. The predicted octanol–water partition coefficient (Wildman–Crippen LogP) is 1.36. The van der Waals surface area contributed by atoms with Gasteiger partial charge in [0.05, 0.1) is 7.11 Å². The van der Waals surface area contributed by atoms with Crippen molar-refractivity contribution in [2.24, 2.45) is 0 Å². The first-order chi connectivity index (χ1) is 8.76. The molecule has 1 aromatic carbocycles. The van der Waals surface area contributed by atoms with E-state index in [1.54, 1.807) is 0 Å². The summed E-state index contributed by atoms with van der Waals surface area (Å²) in [7, 11) is 1.43. The third-order valence-corrected chi connectivity index (χ3v) is 3.36. The number of benzene rings is 1. The Morgan fingerprint density at radius 1 is 1.56 bits per heavy atom. The van der Waals surface area contributed by atoms with E-state index in [4.69, 9.17) is 9.84 Å². The van der Waals surface area contributed by atoms with Crippen LogP contribution in [0.15, 0.2) is 24.3 Å². The van der Waals surface area contributed by atoms with Crippen LogP contribution in [0.5, 0.6) is 0 Å². The van der Waals surface area contributed by atoms with Crippen molar-refractivity contribution >= 4 is 11.7 Å². The van der Waals surface area contributed by atoms with Crippen molar-refractivity contribution in [1.29, 1.82) is 0 Å². The van der Waals surface area contributed by atoms with Crippen molar-refractivity contribution in [3.63, 3.8) is 0 Å². The zero-order valence-corrected chi connectivity index (χ0v) is 10.6. The molecule has 1 saturated heterocycles. The molecular formula is C14H19NO3. The molecule has 1 unspecified atom stereocenters. The van der Waals surface area contributed by atoms with Crippen LogP contribution < -0.4 is 4.90 Å². The first-order valence-electron chi connectivity index (χ1n) is 6.30. The molecular weight excluding hydrogens is 230 g/mol. The molecule has 2 rings (SSSR count). The third kappa shape index (κ3) is 2.64. The van der Waals surface area contributed by atoms with Crippen molar-refractivity contribution in [3.8, 4) is 0 Å². The van der Waals surface area contributed by atoms with Crippen molar-refractivity contribution in [3.05, 3.63) is 29.8 Å². The molecule has 0 aromatic heterocycles. The van der Waals surface area contributed by atoms with Gasteiger partial charge in [-0.15, -0.1) is 0 Å². The minimum atomic E-state index is -0.165. The Bertz CT molecular complexity index is 419. The fourth-order valence-corrected chi connectivity index (χ4v) is 2.25. The van der Waals surface area contributed by atoms with E-state index in [1.165, 1.54) is 12.7 Å². The average molecular weight is 249 g/mol. The van der Waals surface area contributed by atoms with Crippen LogP contribution in [0.4, 0.5) is 5.69 Å². The summed E-state index contributed by atoms with van der Waals surface area (Å²) in [5.41, 5.74) is 2.25. The molecule has 0 saturated carbocycles. The molecule has 0 amide bonds. The van der Waals surface area contributed by atoms with Gasteiger partial charge in [-0.2, -0.15) is 0 Å². The summed E-state index contributed by atoms with van der Waals surface area (Å²) < 4.78 is 4.79. The largest absolute Gasteiger partial charge is 0.467 e. The summed E-state index contributed by atoms with van der Waals surface area (Å²) in [6.45, 7) is 1.10. The number of carbonyl (C=O) groups is 1. The summed E-state index contributed by atoms with van der Waals surface area (Å²) in [5.74, 6) is -0.165. The predicted molar refractivity (Wildman–Crippen MR) is 69.6 cm³/mol. The lowest BCUT2D eigenvalue weighted by Gasteiger charge is -2.40. The summed E-state index contributed by atoms with van der Waals surface area (Å²) in [5, 5.41) is 8.84. The van der Waals surface area contributed by atoms with E-state index < -0.39 is 0 Å². The van der Waals surface area contributed by atoms with Gasteiger partial charge in [0.2, 0.25) is 0 Å². The van der Waals surface area contributed by atoms with Crippen LogP contribution in [-0.4, -0.2) is 37.4 Å². The highest BCUT2D eigenvalue weighted by Gasteiger charge is 2.35. The molecule has 1 aliphatic heterocycles. The molecule has 18 heavy (non-hydrogen) atoms. The fraction of sp³-hybridized carbons (Fsp3) is 0.500. The van der Waals surface area contributed by atoms with Crippen LogP contribution >= 0.6 is 0 Å². The molecule has 1 heterocycles. The van der Waals surface area contributed by atoms with E-state index in [9.17, 15) is 4.79 Å². The van der Waals surface area contributed by atoms with Crippen LogP contribution in [0.3, 0.4) is 0 Å². The van der Waals surface area contributed by atoms with Gasteiger partial charge in [0, 0.05) is 18.8 Å². The zero-order valence-electron chi connectivity index (χ0n) is 10.6. The Hall–Kier alpha value is -1.55.